The molecule has 0 radical (unpaired) electrons. The van der Waals surface area contributed by atoms with Crippen LogP contribution >= 0.6 is 0 Å². The topological polar surface area (TPSA) is 20.3 Å². The van der Waals surface area contributed by atoms with Gasteiger partial charge in [-0.25, -0.2) is 4.39 Å². The zero-order chi connectivity index (χ0) is 14.2. The molecule has 3 heteroatoms. The molecule has 1 atom stereocenters. The number of nitrogens with zero attached hydrogens (tertiary/aromatic N) is 1. The Morgan fingerprint density at radius 1 is 1.35 bits per heavy atom. The van der Waals surface area contributed by atoms with Gasteiger partial charge in [0.15, 0.2) is 0 Å². The Morgan fingerprint density at radius 2 is 2.05 bits per heavy atom. The highest BCUT2D eigenvalue weighted by atomic mass is 19.1. The highest BCUT2D eigenvalue weighted by Gasteiger charge is 2.47. The molecule has 0 aromatic heterocycles. The Balaban J connectivity index is 1.60. The summed E-state index contributed by atoms with van der Waals surface area (Å²) in [5.74, 6) is 0.678. The van der Waals surface area contributed by atoms with Gasteiger partial charge in [0.05, 0.1) is 0 Å². The second-order valence-corrected chi connectivity index (χ2v) is 6.65. The van der Waals surface area contributed by atoms with E-state index >= 15 is 0 Å². The van der Waals surface area contributed by atoms with E-state index in [1.165, 1.54) is 17.7 Å². The second kappa shape index (κ2) is 5.19. The van der Waals surface area contributed by atoms with Gasteiger partial charge in [0.1, 0.15) is 5.82 Å². The van der Waals surface area contributed by atoms with E-state index in [-0.39, 0.29) is 11.2 Å². The summed E-state index contributed by atoms with van der Waals surface area (Å²) in [5.41, 5.74) is 1.11. The summed E-state index contributed by atoms with van der Waals surface area (Å²) in [5, 5.41) is 0. The van der Waals surface area contributed by atoms with Crippen LogP contribution in [0.1, 0.15) is 38.2 Å². The molecule has 2 aliphatic rings. The summed E-state index contributed by atoms with van der Waals surface area (Å²) in [4.78, 5) is 14.5. The van der Waals surface area contributed by atoms with Crippen LogP contribution in [0.4, 0.5) is 4.39 Å². The molecule has 1 aliphatic heterocycles. The predicted octanol–water partition coefficient (Wildman–Crippen LogP) is 3.41. The fraction of sp³-hybridized carbons (Fsp3) is 0.588. The third-order valence-corrected chi connectivity index (χ3v) is 4.76. The van der Waals surface area contributed by atoms with Crippen LogP contribution in [-0.2, 0) is 11.2 Å². The molecule has 1 amide bonds. The molecule has 3 rings (SSSR count). The first-order chi connectivity index (χ1) is 9.57. The fourth-order valence-electron chi connectivity index (χ4n) is 3.15. The maximum absolute atomic E-state index is 12.9. The van der Waals surface area contributed by atoms with Crippen LogP contribution in [0.2, 0.25) is 0 Å². The van der Waals surface area contributed by atoms with E-state index in [9.17, 15) is 9.18 Å². The highest BCUT2D eigenvalue weighted by Crippen LogP contribution is 2.47. The van der Waals surface area contributed by atoms with Crippen molar-refractivity contribution in [1.82, 2.24) is 4.90 Å². The number of hydrogen-bond acceptors (Lipinski definition) is 1. The van der Waals surface area contributed by atoms with Gasteiger partial charge >= 0.3 is 0 Å². The van der Waals surface area contributed by atoms with Gasteiger partial charge < -0.3 is 4.90 Å². The molecule has 1 aromatic carbocycles. The van der Waals surface area contributed by atoms with Gasteiger partial charge in [-0.15, -0.1) is 0 Å². The van der Waals surface area contributed by atoms with Crippen molar-refractivity contribution in [2.24, 2.45) is 11.3 Å². The molecule has 0 bridgehead atoms. The molecular weight excluding hydrogens is 253 g/mol. The maximum atomic E-state index is 12.9. The van der Waals surface area contributed by atoms with E-state index in [0.29, 0.717) is 11.8 Å². The van der Waals surface area contributed by atoms with E-state index < -0.39 is 0 Å². The van der Waals surface area contributed by atoms with Gasteiger partial charge in [0.2, 0.25) is 5.91 Å². The van der Waals surface area contributed by atoms with Crippen LogP contribution in [0.15, 0.2) is 24.3 Å². The molecule has 0 spiro atoms. The zero-order valence-corrected chi connectivity index (χ0v) is 12.1. The van der Waals surface area contributed by atoms with Crippen molar-refractivity contribution in [3.05, 3.63) is 35.6 Å². The number of benzene rings is 1. The SMILES string of the molecule is CC1(C(=O)N2CCC[C@@H](Cc3ccc(F)cc3)C2)CC1. The largest absolute Gasteiger partial charge is 0.342 e. The van der Waals surface area contributed by atoms with Crippen LogP contribution in [0, 0.1) is 17.2 Å². The lowest BCUT2D eigenvalue weighted by atomic mass is 9.90. The Hall–Kier alpha value is -1.38. The molecule has 108 valence electrons. The Bertz CT molecular complexity index is 492. The number of rotatable bonds is 3. The second-order valence-electron chi connectivity index (χ2n) is 6.65. The summed E-state index contributed by atoms with van der Waals surface area (Å²) < 4.78 is 12.9. The molecule has 1 heterocycles. The average Bonchev–Trinajstić information content (AvgIpc) is 3.20. The average molecular weight is 275 g/mol. The first-order valence-electron chi connectivity index (χ1n) is 7.61. The molecule has 1 saturated heterocycles. The minimum atomic E-state index is -0.184. The van der Waals surface area contributed by atoms with Crippen molar-refractivity contribution in [3.63, 3.8) is 0 Å². The van der Waals surface area contributed by atoms with Gasteiger partial charge in [0, 0.05) is 18.5 Å². The molecule has 20 heavy (non-hydrogen) atoms. The first-order valence-corrected chi connectivity index (χ1v) is 7.61. The molecule has 1 aromatic rings. The van der Waals surface area contributed by atoms with E-state index in [0.717, 1.165) is 45.2 Å². The minimum Gasteiger partial charge on any atom is -0.342 e. The molecule has 0 unspecified atom stereocenters. The lowest BCUT2D eigenvalue weighted by Gasteiger charge is -2.34. The monoisotopic (exact) mass is 275 g/mol. The first kappa shape index (κ1) is 13.6. The van der Waals surface area contributed by atoms with E-state index in [1.807, 2.05) is 12.1 Å². The van der Waals surface area contributed by atoms with Crippen LogP contribution in [0.5, 0.6) is 0 Å². The molecule has 1 aliphatic carbocycles. The van der Waals surface area contributed by atoms with Gasteiger partial charge in [0.25, 0.3) is 0 Å². The lowest BCUT2D eigenvalue weighted by Crippen LogP contribution is -2.43. The van der Waals surface area contributed by atoms with Crippen molar-refractivity contribution < 1.29 is 9.18 Å². The zero-order valence-electron chi connectivity index (χ0n) is 12.1. The van der Waals surface area contributed by atoms with Gasteiger partial charge in [-0.3, -0.25) is 4.79 Å². The van der Waals surface area contributed by atoms with E-state index in [4.69, 9.17) is 0 Å². The molecule has 0 N–H and O–H groups in total. The van der Waals surface area contributed by atoms with Crippen molar-refractivity contribution >= 4 is 5.91 Å². The Kier molecular flexibility index (Phi) is 3.53. The van der Waals surface area contributed by atoms with Crippen molar-refractivity contribution in [2.75, 3.05) is 13.1 Å². The Morgan fingerprint density at radius 3 is 2.70 bits per heavy atom. The number of amides is 1. The summed E-state index contributed by atoms with van der Waals surface area (Å²) in [6.45, 7) is 3.86. The van der Waals surface area contributed by atoms with Crippen LogP contribution in [-0.4, -0.2) is 23.9 Å². The number of halogens is 1. The molecular formula is C17H22FNO. The third-order valence-electron chi connectivity index (χ3n) is 4.76. The Labute approximate surface area is 120 Å². The summed E-state index contributed by atoms with van der Waals surface area (Å²) >= 11 is 0. The maximum Gasteiger partial charge on any atom is 0.228 e. The molecule has 2 nitrogen and oxygen atoms in total. The van der Waals surface area contributed by atoms with Crippen LogP contribution in [0.25, 0.3) is 0 Å². The van der Waals surface area contributed by atoms with Crippen molar-refractivity contribution in [1.29, 1.82) is 0 Å². The predicted molar refractivity (Wildman–Crippen MR) is 76.7 cm³/mol. The van der Waals surface area contributed by atoms with Gasteiger partial charge in [-0.05, 0) is 55.7 Å². The number of likely N-dealkylation sites (tertiary alicyclic amines) is 1. The van der Waals surface area contributed by atoms with Crippen molar-refractivity contribution in [2.45, 2.75) is 39.0 Å². The normalized spacial score (nSPS) is 24.5. The smallest absolute Gasteiger partial charge is 0.228 e. The van der Waals surface area contributed by atoms with Crippen LogP contribution in [0.3, 0.4) is 0 Å². The molecule has 2 fully saturated rings. The van der Waals surface area contributed by atoms with E-state index in [2.05, 4.69) is 11.8 Å². The quantitative estimate of drug-likeness (QED) is 0.828. The highest BCUT2D eigenvalue weighted by molar-refractivity contribution is 5.85. The van der Waals surface area contributed by atoms with Crippen LogP contribution < -0.4 is 0 Å². The number of piperidine rings is 1. The minimum absolute atomic E-state index is 0.0578. The van der Waals surface area contributed by atoms with Gasteiger partial charge in [-0.1, -0.05) is 19.1 Å². The standard InChI is InChI=1S/C17H22FNO/c1-17(8-9-17)16(20)19-10-2-3-14(12-19)11-13-4-6-15(18)7-5-13/h4-7,14H,2-3,8-12H2,1H3/t14-/m0/s1. The number of hydrogen-bond donors (Lipinski definition) is 0. The summed E-state index contributed by atoms with van der Waals surface area (Å²) in [6.07, 6.45) is 5.29. The number of carbonyl (C=O) groups excluding carboxylic acids is 1. The fourth-order valence-corrected chi connectivity index (χ4v) is 3.15. The van der Waals surface area contributed by atoms with Crippen molar-refractivity contribution in [3.8, 4) is 0 Å². The lowest BCUT2D eigenvalue weighted by molar-refractivity contribution is -0.138. The number of carbonyl (C=O) groups is 1. The third kappa shape index (κ3) is 2.87. The van der Waals surface area contributed by atoms with Gasteiger partial charge in [-0.2, -0.15) is 0 Å². The molecule has 1 saturated carbocycles. The summed E-state index contributed by atoms with van der Waals surface area (Å²) in [6, 6.07) is 6.76. The van der Waals surface area contributed by atoms with E-state index in [1.54, 1.807) is 0 Å². The summed E-state index contributed by atoms with van der Waals surface area (Å²) in [7, 11) is 0.